The Hall–Kier alpha value is -2.92. The summed E-state index contributed by atoms with van der Waals surface area (Å²) in [5.74, 6) is 1.26. The Morgan fingerprint density at radius 2 is 1.68 bits per heavy atom. The van der Waals surface area contributed by atoms with Crippen molar-refractivity contribution in [3.8, 4) is 0 Å². The molecule has 0 bridgehead atoms. The number of imidazole rings is 1. The van der Waals surface area contributed by atoms with Crippen LogP contribution in [-0.4, -0.2) is 22.0 Å². The first kappa shape index (κ1) is 20.0. The number of benzene rings is 3. The molecule has 5 heteroatoms. The van der Waals surface area contributed by atoms with Crippen LogP contribution in [0.1, 0.15) is 30.1 Å². The van der Waals surface area contributed by atoms with Crippen molar-refractivity contribution >= 4 is 38.6 Å². The summed E-state index contributed by atoms with van der Waals surface area (Å²) in [6, 6.07) is 26.8. The van der Waals surface area contributed by atoms with E-state index in [0.29, 0.717) is 13.0 Å². The number of aryl methyl sites for hydroxylation is 2. The molecule has 4 aromatic rings. The molecule has 2 heterocycles. The van der Waals surface area contributed by atoms with Crippen LogP contribution in [0.5, 0.6) is 0 Å². The predicted molar refractivity (Wildman–Crippen MR) is 128 cm³/mol. The molecule has 1 amide bonds. The Morgan fingerprint density at radius 1 is 0.935 bits per heavy atom. The quantitative estimate of drug-likeness (QED) is 0.346. The maximum Gasteiger partial charge on any atom is 0.227 e. The van der Waals surface area contributed by atoms with Crippen LogP contribution in [0.2, 0.25) is 0 Å². The van der Waals surface area contributed by atoms with Crippen LogP contribution in [0.15, 0.2) is 83.3 Å². The lowest BCUT2D eigenvalue weighted by Gasteiger charge is -2.18. The number of carbonyl (C=O) groups is 1. The normalized spacial score (nSPS) is 16.4. The predicted octanol–water partition coefficient (Wildman–Crippen LogP) is 5.95. The van der Waals surface area contributed by atoms with Crippen LogP contribution in [0.4, 0.5) is 5.69 Å². The minimum Gasteiger partial charge on any atom is -0.328 e. The number of para-hydroxylation sites is 3. The van der Waals surface area contributed by atoms with Crippen molar-refractivity contribution in [3.05, 3.63) is 94.7 Å². The standard InChI is InChI=1S/C26H24BrN3O/c27-21-12-4-6-14-23(21)30-18-20(17-25(30)31)26-28-22-13-5-7-15-24(22)29(26)16-8-11-19-9-2-1-3-10-19/h1-7,9-10,12-15,20H,8,11,16-18H2. The third kappa shape index (κ3) is 4.02. The maximum absolute atomic E-state index is 12.9. The second-order valence-electron chi connectivity index (χ2n) is 8.06. The molecule has 0 N–H and O–H groups in total. The van der Waals surface area contributed by atoms with Gasteiger partial charge in [-0.25, -0.2) is 4.98 Å². The summed E-state index contributed by atoms with van der Waals surface area (Å²) >= 11 is 3.59. The van der Waals surface area contributed by atoms with E-state index in [1.165, 1.54) is 5.56 Å². The van der Waals surface area contributed by atoms with Gasteiger partial charge in [-0.15, -0.1) is 0 Å². The van der Waals surface area contributed by atoms with Gasteiger partial charge in [0.2, 0.25) is 5.91 Å². The zero-order valence-corrected chi connectivity index (χ0v) is 18.8. The number of hydrogen-bond donors (Lipinski definition) is 0. The highest BCUT2D eigenvalue weighted by atomic mass is 79.9. The van der Waals surface area contributed by atoms with Crippen molar-refractivity contribution in [2.75, 3.05) is 11.4 Å². The third-order valence-corrected chi connectivity index (χ3v) is 6.68. The van der Waals surface area contributed by atoms with Gasteiger partial charge >= 0.3 is 0 Å². The first-order chi connectivity index (χ1) is 15.2. The van der Waals surface area contributed by atoms with Crippen LogP contribution in [-0.2, 0) is 17.8 Å². The van der Waals surface area contributed by atoms with E-state index in [0.717, 1.165) is 46.4 Å². The highest BCUT2D eigenvalue weighted by molar-refractivity contribution is 9.10. The summed E-state index contributed by atoms with van der Waals surface area (Å²) < 4.78 is 3.28. The number of carbonyl (C=O) groups excluding carboxylic acids is 1. The largest absolute Gasteiger partial charge is 0.328 e. The second-order valence-corrected chi connectivity index (χ2v) is 8.91. The monoisotopic (exact) mass is 473 g/mol. The van der Waals surface area contributed by atoms with Crippen LogP contribution in [0, 0.1) is 0 Å². The molecule has 1 saturated heterocycles. The molecule has 0 aliphatic carbocycles. The fourth-order valence-electron chi connectivity index (χ4n) is 4.51. The highest BCUT2D eigenvalue weighted by Crippen LogP contribution is 2.36. The van der Waals surface area contributed by atoms with Crippen molar-refractivity contribution in [2.45, 2.75) is 31.7 Å². The van der Waals surface area contributed by atoms with Gasteiger partial charge in [0.05, 0.1) is 16.7 Å². The zero-order chi connectivity index (χ0) is 21.2. The molecule has 1 fully saturated rings. The number of hydrogen-bond acceptors (Lipinski definition) is 2. The third-order valence-electron chi connectivity index (χ3n) is 6.01. The molecule has 1 aliphatic rings. The van der Waals surface area contributed by atoms with E-state index < -0.39 is 0 Å². The Labute approximate surface area is 190 Å². The number of anilines is 1. The Kier molecular flexibility index (Phi) is 5.60. The van der Waals surface area contributed by atoms with Crippen LogP contribution < -0.4 is 4.90 Å². The summed E-state index contributed by atoms with van der Waals surface area (Å²) in [7, 11) is 0. The molecular weight excluding hydrogens is 450 g/mol. The van der Waals surface area contributed by atoms with Gasteiger partial charge in [-0.2, -0.15) is 0 Å². The highest BCUT2D eigenvalue weighted by Gasteiger charge is 2.35. The molecule has 31 heavy (non-hydrogen) atoms. The van der Waals surface area contributed by atoms with E-state index >= 15 is 0 Å². The molecule has 1 atom stereocenters. The molecule has 4 nitrogen and oxygen atoms in total. The molecule has 0 radical (unpaired) electrons. The molecule has 1 unspecified atom stereocenters. The lowest BCUT2D eigenvalue weighted by Crippen LogP contribution is -2.25. The van der Waals surface area contributed by atoms with E-state index in [1.807, 2.05) is 35.2 Å². The van der Waals surface area contributed by atoms with E-state index in [1.54, 1.807) is 0 Å². The molecule has 3 aromatic carbocycles. The Morgan fingerprint density at radius 3 is 2.52 bits per heavy atom. The number of fused-ring (bicyclic) bond motifs is 1. The van der Waals surface area contributed by atoms with Crippen LogP contribution in [0.25, 0.3) is 11.0 Å². The van der Waals surface area contributed by atoms with Crippen molar-refractivity contribution in [1.82, 2.24) is 9.55 Å². The fraction of sp³-hybridized carbons (Fsp3) is 0.231. The summed E-state index contributed by atoms with van der Waals surface area (Å²) in [4.78, 5) is 19.8. The van der Waals surface area contributed by atoms with Crippen LogP contribution in [0.3, 0.4) is 0 Å². The number of rotatable bonds is 6. The lowest BCUT2D eigenvalue weighted by molar-refractivity contribution is -0.117. The van der Waals surface area contributed by atoms with Crippen molar-refractivity contribution < 1.29 is 4.79 Å². The minimum atomic E-state index is 0.0868. The van der Waals surface area contributed by atoms with Gasteiger partial charge in [0.1, 0.15) is 5.82 Å². The maximum atomic E-state index is 12.9. The molecule has 0 saturated carbocycles. The first-order valence-corrected chi connectivity index (χ1v) is 11.5. The van der Waals surface area contributed by atoms with Crippen molar-refractivity contribution in [2.24, 2.45) is 0 Å². The fourth-order valence-corrected chi connectivity index (χ4v) is 5.01. The summed E-state index contributed by atoms with van der Waals surface area (Å²) in [6.45, 7) is 1.55. The Bertz CT molecular complexity index is 1220. The second kappa shape index (κ2) is 8.67. The van der Waals surface area contributed by atoms with Gasteiger partial charge in [-0.05, 0) is 58.6 Å². The average molecular weight is 474 g/mol. The minimum absolute atomic E-state index is 0.0868. The average Bonchev–Trinajstić information content (AvgIpc) is 3.35. The van der Waals surface area contributed by atoms with E-state index in [-0.39, 0.29) is 11.8 Å². The van der Waals surface area contributed by atoms with Gasteiger partial charge in [-0.1, -0.05) is 54.6 Å². The summed E-state index contributed by atoms with van der Waals surface area (Å²) in [5.41, 5.74) is 4.44. The lowest BCUT2D eigenvalue weighted by atomic mass is 10.1. The molecule has 5 rings (SSSR count). The zero-order valence-electron chi connectivity index (χ0n) is 17.2. The Balaban J connectivity index is 1.42. The van der Waals surface area contributed by atoms with Crippen molar-refractivity contribution in [1.29, 1.82) is 0 Å². The van der Waals surface area contributed by atoms with E-state index in [2.05, 4.69) is 69.0 Å². The SMILES string of the molecule is O=C1CC(c2nc3ccccc3n2CCCc2ccccc2)CN1c1ccccc1Br. The van der Waals surface area contributed by atoms with Gasteiger partial charge < -0.3 is 9.47 Å². The smallest absolute Gasteiger partial charge is 0.227 e. The first-order valence-electron chi connectivity index (χ1n) is 10.7. The van der Waals surface area contributed by atoms with Crippen molar-refractivity contribution in [3.63, 3.8) is 0 Å². The van der Waals surface area contributed by atoms with E-state index in [4.69, 9.17) is 4.98 Å². The molecule has 0 spiro atoms. The number of amides is 1. The summed E-state index contributed by atoms with van der Waals surface area (Å²) in [5, 5.41) is 0. The number of halogens is 1. The van der Waals surface area contributed by atoms with Gasteiger partial charge in [-0.3, -0.25) is 4.79 Å². The molecule has 1 aromatic heterocycles. The molecule has 1 aliphatic heterocycles. The molecule has 156 valence electrons. The number of aromatic nitrogens is 2. The number of nitrogens with zero attached hydrogens (tertiary/aromatic N) is 3. The van der Waals surface area contributed by atoms with Gasteiger partial charge in [0.15, 0.2) is 0 Å². The van der Waals surface area contributed by atoms with Gasteiger partial charge in [0, 0.05) is 29.9 Å². The molecular formula is C26H24BrN3O. The topological polar surface area (TPSA) is 38.1 Å². The van der Waals surface area contributed by atoms with Crippen LogP contribution >= 0.6 is 15.9 Å². The van der Waals surface area contributed by atoms with E-state index in [9.17, 15) is 4.79 Å². The summed E-state index contributed by atoms with van der Waals surface area (Å²) in [6.07, 6.45) is 2.55. The van der Waals surface area contributed by atoms with Gasteiger partial charge in [0.25, 0.3) is 0 Å².